The van der Waals surface area contributed by atoms with Gasteiger partial charge in [-0.2, -0.15) is 4.39 Å². The van der Waals surface area contributed by atoms with Crippen LogP contribution in [-0.4, -0.2) is 42.3 Å². The second kappa shape index (κ2) is 7.60. The van der Waals surface area contributed by atoms with Crippen molar-refractivity contribution < 1.29 is 28.3 Å². The van der Waals surface area contributed by atoms with Crippen LogP contribution in [0.25, 0.3) is 0 Å². The molecule has 0 aliphatic carbocycles. The van der Waals surface area contributed by atoms with Crippen molar-refractivity contribution in [2.75, 3.05) is 20.3 Å². The van der Waals surface area contributed by atoms with Crippen molar-refractivity contribution >= 4 is 11.6 Å². The zero-order valence-electron chi connectivity index (χ0n) is 11.1. The number of benzene rings is 1. The lowest BCUT2D eigenvalue weighted by Crippen LogP contribution is -2.29. The molecule has 1 atom stereocenters. The normalized spacial score (nSPS) is 12.0. The predicted molar refractivity (Wildman–Crippen MR) is 67.8 cm³/mol. The lowest BCUT2D eigenvalue weighted by molar-refractivity contribution is -0.387. The summed E-state index contributed by atoms with van der Waals surface area (Å²) < 4.78 is 31.3. The van der Waals surface area contributed by atoms with Crippen molar-refractivity contribution in [3.63, 3.8) is 0 Å². The lowest BCUT2D eigenvalue weighted by atomic mass is 10.1. The van der Waals surface area contributed by atoms with Gasteiger partial charge in [-0.25, -0.2) is 4.39 Å². The summed E-state index contributed by atoms with van der Waals surface area (Å²) in [6.07, 6.45) is -0.646. The Labute approximate surface area is 118 Å². The molecule has 1 rings (SSSR count). The number of carbonyl (C=O) groups is 1. The fourth-order valence-corrected chi connectivity index (χ4v) is 1.57. The second-order valence-electron chi connectivity index (χ2n) is 4.19. The van der Waals surface area contributed by atoms with E-state index >= 15 is 0 Å². The number of nitro groups is 1. The van der Waals surface area contributed by atoms with Gasteiger partial charge in [0.15, 0.2) is 0 Å². The molecule has 9 heteroatoms. The molecule has 0 fully saturated rings. The Kier molecular flexibility index (Phi) is 6.12. The van der Waals surface area contributed by atoms with Gasteiger partial charge >= 0.3 is 5.69 Å². The molecule has 7 nitrogen and oxygen atoms in total. The Morgan fingerprint density at radius 1 is 1.48 bits per heavy atom. The van der Waals surface area contributed by atoms with Gasteiger partial charge in [0.2, 0.25) is 5.82 Å². The maximum Gasteiger partial charge on any atom is 0.305 e. The second-order valence-corrected chi connectivity index (χ2v) is 4.19. The maximum atomic E-state index is 13.5. The molecule has 21 heavy (non-hydrogen) atoms. The number of hydrogen-bond acceptors (Lipinski definition) is 5. The highest BCUT2D eigenvalue weighted by atomic mass is 19.1. The van der Waals surface area contributed by atoms with Gasteiger partial charge in [-0.15, -0.1) is 0 Å². The van der Waals surface area contributed by atoms with E-state index in [1.807, 2.05) is 0 Å². The molecular formula is C12H14F2N2O5. The van der Waals surface area contributed by atoms with Crippen LogP contribution in [0.4, 0.5) is 14.5 Å². The van der Waals surface area contributed by atoms with E-state index < -0.39 is 39.8 Å². The molecule has 0 saturated carbocycles. The summed E-state index contributed by atoms with van der Waals surface area (Å²) in [5.41, 5.74) is -1.62. The molecule has 116 valence electrons. The zero-order valence-corrected chi connectivity index (χ0v) is 11.1. The maximum absolute atomic E-state index is 13.5. The Hall–Kier alpha value is -2.13. The molecule has 0 aliphatic heterocycles. The number of carbonyl (C=O) groups excluding carboxylic acids is 1. The van der Waals surface area contributed by atoms with Crippen molar-refractivity contribution in [2.45, 2.75) is 12.5 Å². The number of nitrogens with zero attached hydrogens (tertiary/aromatic N) is 1. The van der Waals surface area contributed by atoms with Crippen molar-refractivity contribution in [2.24, 2.45) is 0 Å². The number of amides is 1. The molecule has 1 aromatic carbocycles. The van der Waals surface area contributed by atoms with E-state index in [0.717, 1.165) is 0 Å². The van der Waals surface area contributed by atoms with Crippen LogP contribution in [0.5, 0.6) is 0 Å². The minimum absolute atomic E-state index is 0.00791. The Bertz CT molecular complexity index is 539. The molecule has 0 spiro atoms. The number of nitro benzene ring substituents is 1. The fraction of sp³-hybridized carbons (Fsp3) is 0.417. The van der Waals surface area contributed by atoms with Crippen LogP contribution in [0.15, 0.2) is 12.1 Å². The van der Waals surface area contributed by atoms with Crippen molar-refractivity contribution in [1.82, 2.24) is 5.32 Å². The first-order valence-electron chi connectivity index (χ1n) is 5.95. The lowest BCUT2D eigenvalue weighted by Gasteiger charge is -2.10. The van der Waals surface area contributed by atoms with Crippen molar-refractivity contribution in [3.05, 3.63) is 39.4 Å². The van der Waals surface area contributed by atoms with Gasteiger partial charge < -0.3 is 15.2 Å². The summed E-state index contributed by atoms with van der Waals surface area (Å²) in [7, 11) is 1.40. The Balaban J connectivity index is 2.74. The van der Waals surface area contributed by atoms with Crippen LogP contribution < -0.4 is 5.32 Å². The van der Waals surface area contributed by atoms with E-state index in [0.29, 0.717) is 6.07 Å². The molecule has 0 heterocycles. The van der Waals surface area contributed by atoms with Gasteiger partial charge in [0, 0.05) is 25.8 Å². The highest BCUT2D eigenvalue weighted by Gasteiger charge is 2.22. The SMILES string of the molecule is COCC(O)CCNC(=O)c1cc([N+](=O)[O-])c(F)cc1F. The van der Waals surface area contributed by atoms with Gasteiger partial charge in [0.05, 0.1) is 23.2 Å². The molecule has 0 aliphatic rings. The van der Waals surface area contributed by atoms with Gasteiger partial charge in [0.25, 0.3) is 5.91 Å². The summed E-state index contributed by atoms with van der Waals surface area (Å²) in [4.78, 5) is 21.2. The molecule has 1 amide bonds. The van der Waals surface area contributed by atoms with Crippen LogP contribution in [-0.2, 0) is 4.74 Å². The topological polar surface area (TPSA) is 102 Å². The van der Waals surface area contributed by atoms with E-state index in [-0.39, 0.29) is 25.6 Å². The van der Waals surface area contributed by atoms with E-state index in [1.54, 1.807) is 0 Å². The van der Waals surface area contributed by atoms with Gasteiger partial charge in [-0.1, -0.05) is 0 Å². The molecule has 0 aromatic heterocycles. The summed E-state index contributed by atoms with van der Waals surface area (Å²) in [6, 6.07) is 0.818. The molecule has 2 N–H and O–H groups in total. The number of halogens is 2. The van der Waals surface area contributed by atoms with Crippen LogP contribution >= 0.6 is 0 Å². The van der Waals surface area contributed by atoms with E-state index in [2.05, 4.69) is 10.1 Å². The minimum Gasteiger partial charge on any atom is -0.391 e. The Morgan fingerprint density at radius 3 is 2.71 bits per heavy atom. The van der Waals surface area contributed by atoms with Gasteiger partial charge in [-0.3, -0.25) is 14.9 Å². The van der Waals surface area contributed by atoms with Crippen molar-refractivity contribution in [1.29, 1.82) is 0 Å². The molecular weight excluding hydrogens is 290 g/mol. The number of nitrogens with one attached hydrogen (secondary N) is 1. The number of aliphatic hydroxyl groups excluding tert-OH is 1. The third-order valence-electron chi connectivity index (χ3n) is 2.60. The largest absolute Gasteiger partial charge is 0.391 e. The summed E-state index contributed by atoms with van der Waals surface area (Å²) >= 11 is 0. The minimum atomic E-state index is -1.36. The van der Waals surface area contributed by atoms with Crippen LogP contribution in [0, 0.1) is 21.7 Å². The number of methoxy groups -OCH3 is 1. The van der Waals surface area contributed by atoms with E-state index in [4.69, 9.17) is 0 Å². The number of aliphatic hydroxyl groups is 1. The first-order chi connectivity index (χ1) is 9.86. The van der Waals surface area contributed by atoms with E-state index in [9.17, 15) is 28.8 Å². The number of hydrogen-bond donors (Lipinski definition) is 2. The number of rotatable bonds is 7. The van der Waals surface area contributed by atoms with Gasteiger partial charge in [0.1, 0.15) is 5.82 Å². The average molecular weight is 304 g/mol. The summed E-state index contributed by atoms with van der Waals surface area (Å²) in [5, 5.41) is 22.2. The van der Waals surface area contributed by atoms with Crippen molar-refractivity contribution in [3.8, 4) is 0 Å². The monoisotopic (exact) mass is 304 g/mol. The molecule has 0 saturated heterocycles. The highest BCUT2D eigenvalue weighted by Crippen LogP contribution is 2.21. The zero-order chi connectivity index (χ0) is 16.0. The third kappa shape index (κ3) is 4.72. The molecule has 1 unspecified atom stereocenters. The standard InChI is InChI=1S/C12H14F2N2O5/c1-21-6-7(17)2-3-15-12(18)8-4-11(16(19)20)10(14)5-9(8)13/h4-5,7,17H,2-3,6H2,1H3,(H,15,18). The smallest absolute Gasteiger partial charge is 0.305 e. The first-order valence-corrected chi connectivity index (χ1v) is 5.95. The summed E-state index contributed by atoms with van der Waals surface area (Å²) in [6.45, 7) is 0.0836. The quantitative estimate of drug-likeness (QED) is 0.578. The van der Waals surface area contributed by atoms with Gasteiger partial charge in [-0.05, 0) is 6.42 Å². The van der Waals surface area contributed by atoms with Crippen LogP contribution in [0.3, 0.4) is 0 Å². The van der Waals surface area contributed by atoms with E-state index in [1.165, 1.54) is 7.11 Å². The highest BCUT2D eigenvalue weighted by molar-refractivity contribution is 5.95. The summed E-state index contributed by atoms with van der Waals surface area (Å²) in [5.74, 6) is -3.49. The van der Waals surface area contributed by atoms with Crippen LogP contribution in [0.1, 0.15) is 16.8 Å². The number of ether oxygens (including phenoxy) is 1. The molecule has 0 radical (unpaired) electrons. The molecule has 0 bridgehead atoms. The molecule has 1 aromatic rings. The predicted octanol–water partition coefficient (Wildman–Crippen LogP) is 1.00. The Morgan fingerprint density at radius 2 is 2.14 bits per heavy atom. The third-order valence-corrected chi connectivity index (χ3v) is 2.60. The van der Waals surface area contributed by atoms with Crippen LogP contribution in [0.2, 0.25) is 0 Å². The first kappa shape index (κ1) is 16.9. The average Bonchev–Trinajstić information content (AvgIpc) is 2.38. The fourth-order valence-electron chi connectivity index (χ4n) is 1.57.